The van der Waals surface area contributed by atoms with Crippen molar-refractivity contribution in [3.8, 4) is 0 Å². The lowest BCUT2D eigenvalue weighted by molar-refractivity contribution is -0.338. The van der Waals surface area contributed by atoms with Gasteiger partial charge in [0.05, 0.1) is 24.9 Å². The lowest BCUT2D eigenvalue weighted by atomic mass is 9.75. The number of aliphatic hydroxyl groups is 5. The van der Waals surface area contributed by atoms with Crippen molar-refractivity contribution < 1.29 is 78.3 Å². The van der Waals surface area contributed by atoms with Crippen molar-refractivity contribution in [3.63, 3.8) is 0 Å². The molecule has 4 fully saturated rings. The molecule has 2 aliphatic carbocycles. The van der Waals surface area contributed by atoms with Gasteiger partial charge in [-0.05, 0) is 57.3 Å². The van der Waals surface area contributed by atoms with E-state index in [0.717, 1.165) is 57.8 Å². The number of carboxylic acid groups (broad SMARTS) is 1. The molecule has 0 radical (unpaired) electrons. The number of nitrogens with two attached hydrogens (primary N) is 1. The largest absolute Gasteiger partial charge is 0.479 e. The van der Waals surface area contributed by atoms with E-state index in [9.17, 15) is 54.6 Å². The zero-order chi connectivity index (χ0) is 50.1. The number of rotatable bonds is 26. The minimum atomic E-state index is -1.68. The second-order valence-corrected chi connectivity index (χ2v) is 19.5. The zero-order valence-electron chi connectivity index (χ0n) is 40.7. The molecule has 2 saturated carbocycles. The summed E-state index contributed by atoms with van der Waals surface area (Å²) >= 11 is 0. The SMILES string of the molecule is CCCCC(N)(CC)CCNC(=O)CCC(=O)NCCNC(=O)C1CC(CC)C(O[C@@H]2OC(C)[C@@H](O)C(O)C2O)[C@H](O[C@@H]2OC(CO)[C@H](O)C(O[C@@H](CC3CCCCC3)C(=O)O)C2NC(C)=O)C1. The van der Waals surface area contributed by atoms with Crippen molar-refractivity contribution in [3.05, 3.63) is 0 Å². The Morgan fingerprint density at radius 3 is 2.06 bits per heavy atom. The number of carbonyl (C=O) groups is 5. The molecule has 4 amide bonds. The van der Waals surface area contributed by atoms with Crippen LogP contribution in [0.3, 0.4) is 0 Å². The van der Waals surface area contributed by atoms with Crippen molar-refractivity contribution >= 4 is 29.6 Å². The molecule has 0 aromatic rings. The Hall–Kier alpha value is -3.09. The van der Waals surface area contributed by atoms with Gasteiger partial charge in [-0.15, -0.1) is 0 Å². The minimum absolute atomic E-state index is 0.0116. The van der Waals surface area contributed by atoms with E-state index in [1.165, 1.54) is 13.8 Å². The predicted molar refractivity (Wildman–Crippen MR) is 245 cm³/mol. The van der Waals surface area contributed by atoms with Crippen LogP contribution in [0.25, 0.3) is 0 Å². The molecule has 4 rings (SSSR count). The van der Waals surface area contributed by atoms with Gasteiger partial charge in [0.25, 0.3) is 0 Å². The van der Waals surface area contributed by atoms with E-state index in [1.807, 2.05) is 13.8 Å². The first-order chi connectivity index (χ1) is 32.3. The number of ether oxygens (including phenoxy) is 5. The number of nitrogens with one attached hydrogen (secondary N) is 4. The van der Waals surface area contributed by atoms with Gasteiger partial charge in [0.2, 0.25) is 23.6 Å². The maximum atomic E-state index is 13.9. The van der Waals surface area contributed by atoms with Crippen LogP contribution in [0.2, 0.25) is 0 Å². The maximum absolute atomic E-state index is 13.9. The summed E-state index contributed by atoms with van der Waals surface area (Å²) in [5.74, 6) is -3.99. The summed E-state index contributed by atoms with van der Waals surface area (Å²) in [6.45, 7) is 8.52. The average molecular weight is 974 g/mol. The first-order valence-electron chi connectivity index (χ1n) is 25.0. The molecule has 10 unspecified atom stereocenters. The molecule has 12 N–H and O–H groups in total. The fourth-order valence-electron chi connectivity index (χ4n) is 9.97. The Kier molecular flexibility index (Phi) is 23.7. The summed E-state index contributed by atoms with van der Waals surface area (Å²) in [5, 5.41) is 75.3. The van der Waals surface area contributed by atoms with Crippen LogP contribution in [-0.2, 0) is 47.7 Å². The molecular weight excluding hydrogens is 891 g/mol. The molecule has 0 aromatic heterocycles. The van der Waals surface area contributed by atoms with E-state index < -0.39 is 110 Å². The first-order valence-corrected chi connectivity index (χ1v) is 25.0. The van der Waals surface area contributed by atoms with E-state index >= 15 is 0 Å². The Balaban J connectivity index is 1.48. The molecule has 0 bridgehead atoms. The summed E-state index contributed by atoms with van der Waals surface area (Å²) in [7, 11) is 0. The Bertz CT molecular complexity index is 1590. The topological polar surface area (TPSA) is 327 Å². The summed E-state index contributed by atoms with van der Waals surface area (Å²) in [5.41, 5.74) is 6.14. The van der Waals surface area contributed by atoms with Crippen LogP contribution in [-0.4, -0.2) is 172 Å². The van der Waals surface area contributed by atoms with E-state index in [-0.39, 0.29) is 74.4 Å². The highest BCUT2D eigenvalue weighted by Crippen LogP contribution is 2.40. The van der Waals surface area contributed by atoms with Gasteiger partial charge < -0.3 is 81.3 Å². The molecule has 392 valence electrons. The van der Waals surface area contributed by atoms with Gasteiger partial charge in [0, 0.05) is 50.9 Å². The highest BCUT2D eigenvalue weighted by molar-refractivity contribution is 5.83. The minimum Gasteiger partial charge on any atom is -0.479 e. The van der Waals surface area contributed by atoms with Gasteiger partial charge in [-0.2, -0.15) is 0 Å². The van der Waals surface area contributed by atoms with Crippen LogP contribution in [0, 0.1) is 17.8 Å². The van der Waals surface area contributed by atoms with Crippen LogP contribution in [0.1, 0.15) is 137 Å². The van der Waals surface area contributed by atoms with Gasteiger partial charge in [-0.3, -0.25) is 19.2 Å². The Labute approximate surface area is 400 Å². The maximum Gasteiger partial charge on any atom is 0.332 e. The summed E-state index contributed by atoms with van der Waals surface area (Å²) < 4.78 is 31.2. The highest BCUT2D eigenvalue weighted by atomic mass is 16.7. The number of carbonyl (C=O) groups excluding carboxylic acids is 4. The standard InChI is InChI=1S/C47H83N5O16/c1-6-9-17-47(48,8-3)18-19-49-34(55)15-16-35(56)50-20-21-51-43(61)30-23-29(7-2)41(68-46-40(60)39(59)37(57)26(4)64-46)31(24-30)66-45-36(52-27(5)54)42(38(58)33(25-53)67-45)65-32(44(62)63)22-28-13-11-10-12-14-28/h26,28-33,36-42,45-46,53,57-60H,6-25,48H2,1-5H3,(H,49,55)(H,50,56)(H,51,61)(H,52,54)(H,62,63)/t26?,29?,30?,31-,32+,33?,36?,37-,38+,39?,40?,41?,42?,45-,46+,47?/m1/s1. The molecule has 68 heavy (non-hydrogen) atoms. The van der Waals surface area contributed by atoms with E-state index in [1.54, 1.807) is 0 Å². The van der Waals surface area contributed by atoms with Crippen molar-refractivity contribution in [2.24, 2.45) is 23.5 Å². The molecule has 2 aliphatic heterocycles. The van der Waals surface area contributed by atoms with Gasteiger partial charge >= 0.3 is 5.97 Å². The first kappa shape index (κ1) is 57.5. The molecule has 16 atom stereocenters. The third-order valence-corrected chi connectivity index (χ3v) is 14.3. The second kappa shape index (κ2) is 28.1. The van der Waals surface area contributed by atoms with Gasteiger partial charge in [-0.1, -0.05) is 72.1 Å². The average Bonchev–Trinajstić information content (AvgIpc) is 3.31. The van der Waals surface area contributed by atoms with Gasteiger partial charge in [0.1, 0.15) is 42.7 Å². The van der Waals surface area contributed by atoms with Crippen LogP contribution in [0.15, 0.2) is 0 Å². The Morgan fingerprint density at radius 1 is 0.794 bits per heavy atom. The molecule has 0 spiro atoms. The Morgan fingerprint density at radius 2 is 1.46 bits per heavy atom. The van der Waals surface area contributed by atoms with Gasteiger partial charge in [-0.25, -0.2) is 4.79 Å². The van der Waals surface area contributed by atoms with E-state index in [2.05, 4.69) is 28.2 Å². The zero-order valence-corrected chi connectivity index (χ0v) is 40.7. The van der Waals surface area contributed by atoms with Crippen LogP contribution < -0.4 is 27.0 Å². The predicted octanol–water partition coefficient (Wildman–Crippen LogP) is 0.229. The summed E-state index contributed by atoms with van der Waals surface area (Å²) in [4.78, 5) is 64.4. The summed E-state index contributed by atoms with van der Waals surface area (Å²) in [6.07, 6.45) is -6.81. The highest BCUT2D eigenvalue weighted by Gasteiger charge is 2.53. The van der Waals surface area contributed by atoms with Crippen LogP contribution in [0.4, 0.5) is 0 Å². The smallest absolute Gasteiger partial charge is 0.332 e. The van der Waals surface area contributed by atoms with E-state index in [0.29, 0.717) is 19.4 Å². The third kappa shape index (κ3) is 16.8. The van der Waals surface area contributed by atoms with E-state index in [4.69, 9.17) is 29.4 Å². The molecule has 4 aliphatic rings. The normalized spacial score (nSPS) is 33.7. The molecule has 2 saturated heterocycles. The quantitative estimate of drug-likeness (QED) is 0.0517. The summed E-state index contributed by atoms with van der Waals surface area (Å²) in [6, 6.07) is -1.33. The number of aliphatic hydroxyl groups excluding tert-OH is 5. The number of carboxylic acids is 1. The molecule has 0 aromatic carbocycles. The van der Waals surface area contributed by atoms with Crippen molar-refractivity contribution in [1.82, 2.24) is 21.3 Å². The molecule has 21 heteroatoms. The van der Waals surface area contributed by atoms with Crippen LogP contribution >= 0.6 is 0 Å². The molecular formula is C47H83N5O16. The van der Waals surface area contributed by atoms with Crippen molar-refractivity contribution in [2.45, 2.75) is 223 Å². The van der Waals surface area contributed by atoms with Gasteiger partial charge in [0.15, 0.2) is 18.7 Å². The number of amides is 4. The monoisotopic (exact) mass is 974 g/mol. The third-order valence-electron chi connectivity index (χ3n) is 14.3. The lowest BCUT2D eigenvalue weighted by Gasteiger charge is -2.49. The number of hydrogen-bond acceptors (Lipinski definition) is 16. The lowest BCUT2D eigenvalue weighted by Crippen LogP contribution is -2.67. The fourth-order valence-corrected chi connectivity index (χ4v) is 9.97. The van der Waals surface area contributed by atoms with Crippen molar-refractivity contribution in [1.29, 1.82) is 0 Å². The molecule has 21 nitrogen and oxygen atoms in total. The number of hydrogen-bond donors (Lipinski definition) is 11. The van der Waals surface area contributed by atoms with Crippen LogP contribution in [0.5, 0.6) is 0 Å². The fraction of sp³-hybridized carbons (Fsp3) is 0.894. The number of unbranched alkanes of at least 4 members (excludes halogenated alkanes) is 1. The molecule has 2 heterocycles. The number of aliphatic carboxylic acids is 1. The van der Waals surface area contributed by atoms with Crippen molar-refractivity contribution in [2.75, 3.05) is 26.2 Å². The second-order valence-electron chi connectivity index (χ2n) is 19.5.